The molecule has 3 N–H and O–H groups in total. The lowest BCUT2D eigenvalue weighted by Crippen LogP contribution is -2.53. The standard InChI is InChI=1S/C33H29ClF2N4O4.C33H32F5N5O4.C32H29F5N4O5.3CH4/c1-33(2)18-40(11-12-44-33)21-15-26(35)29(27(36)16-21)31(41)39-28(32(42)43-3)14-20-7-9-24(30-22(20)5-4-10-38-30)23-8-6-19(17-37)13-25(23)34;1-18-9-11-40-29(30(18)42(2)3)22-8-7-19(21-6-5-10-39-28(21)22)14-25(32(45)46-4)41-31(44)27-23(34)15-20(16-24(27)35)43-12-13-47-17-26(43)33(36,37)38;1-17-13-22(32(35,36)37)26(30(43)40(17)2)21-7-6-18(20-5-4-8-38-28(20)21)14-25(31(44)45-3)39-29(42)27-23(33)15-19(16-24(27)34)41-9-11-46-12-10-41;;;/h4-10,13,15-16,28H,11-12,14,18H2,1-3H3,(H,39,41);5-11,15-16,25-26H,12-14,17H2,1-4H3,(H,41,44);4-8,13,15-16,25H,9-12,14H2,1-3H3,(H,39,42);3*1H4/t28-;25-,26+;25-;;;/m000.../s1. The quantitative estimate of drug-likeness (QED) is 0.0322. The average Bonchev–Trinajstić information content (AvgIpc) is 0.688. The van der Waals surface area contributed by atoms with Gasteiger partial charge >= 0.3 is 30.3 Å². The SMILES string of the molecule is C.C.C.COC(=O)[C@H](Cc1ccc(-c2c(C(F)(F)F)cc(C)n(C)c2=O)c2ncccc12)NC(=O)c1c(F)cc(N2CCOCC2)cc1F.COC(=O)[C@H](Cc1ccc(-c2ccc(C#N)cc2Cl)c2ncccc12)NC(=O)c1c(F)cc(N2CCOC(C)(C)C2)cc1F.COC(=O)[C@H](Cc1ccc(-c2nccc(C)c2N(C)C)c2ncccc12)NC(=O)c1c(F)cc(N2CCOC[C@@H]2C(F)(F)F)cc1F. The molecule has 0 spiro atoms. The van der Waals surface area contributed by atoms with E-state index in [0.29, 0.717) is 130 Å². The predicted octanol–water partition coefficient (Wildman–Crippen LogP) is 17.5. The van der Waals surface area contributed by atoms with Crippen molar-refractivity contribution >= 4 is 103 Å². The van der Waals surface area contributed by atoms with Crippen molar-refractivity contribution in [2.75, 3.05) is 121 Å². The number of nitriles is 1. The third kappa shape index (κ3) is 23.8. The first kappa shape index (κ1) is 108. The Balaban J connectivity index is 0.000000214. The molecule has 3 aliphatic heterocycles. The van der Waals surface area contributed by atoms with Crippen LogP contribution in [0, 0.1) is 60.1 Å². The van der Waals surface area contributed by atoms with Gasteiger partial charge in [0.05, 0.1) is 111 Å². The fourth-order valence-electron chi connectivity index (χ4n) is 16.7. The number of fused-ring (bicyclic) bond motifs is 3. The number of esters is 3. The molecule has 740 valence electrons. The zero-order chi connectivity index (χ0) is 99.0. The summed E-state index contributed by atoms with van der Waals surface area (Å²) in [7, 11) is 8.50. The maximum absolute atomic E-state index is 15.3. The number of anilines is 4. The van der Waals surface area contributed by atoms with Gasteiger partial charge in [0, 0.05) is 164 Å². The number of pyridine rings is 5. The number of nitrogens with one attached hydrogen (secondary N) is 3. The van der Waals surface area contributed by atoms with E-state index in [4.69, 9.17) is 40.0 Å². The number of nitrogens with zero attached hydrogens (tertiary/aromatic N) is 10. The molecule has 0 aliphatic carbocycles. The Morgan fingerprint density at radius 1 is 0.536 bits per heavy atom. The third-order valence-electron chi connectivity index (χ3n) is 23.5. The van der Waals surface area contributed by atoms with Crippen molar-refractivity contribution in [3.8, 4) is 39.6 Å². The van der Waals surface area contributed by atoms with Gasteiger partial charge in [0.1, 0.15) is 75.8 Å². The second-order valence-electron chi connectivity index (χ2n) is 33.0. The molecule has 0 radical (unpaired) electrons. The summed E-state index contributed by atoms with van der Waals surface area (Å²) in [6.07, 6.45) is -3.77. The van der Waals surface area contributed by atoms with E-state index in [2.05, 4.69) is 42.0 Å². The average molecular weight is 1970 g/mol. The molecule has 12 aromatic rings. The van der Waals surface area contributed by atoms with Gasteiger partial charge in [-0.15, -0.1) is 0 Å². The fourth-order valence-corrected chi connectivity index (χ4v) is 17.0. The summed E-state index contributed by atoms with van der Waals surface area (Å²) in [6, 6.07) is 29.0. The Morgan fingerprint density at radius 3 is 1.38 bits per heavy atom. The maximum atomic E-state index is 15.3. The van der Waals surface area contributed by atoms with Gasteiger partial charge in [0.25, 0.3) is 23.3 Å². The lowest BCUT2D eigenvalue weighted by Gasteiger charge is -2.39. The maximum Gasteiger partial charge on any atom is 0.417 e. The fraction of sp³-hybridized carbons (Fsp3) is 0.327. The van der Waals surface area contributed by atoms with E-state index < -0.39 is 158 Å². The number of hydrogen-bond acceptors (Lipinski definition) is 22. The summed E-state index contributed by atoms with van der Waals surface area (Å²) in [5.41, 5.74) is 2.11. The molecule has 7 aromatic carbocycles. The molecule has 8 heterocycles. The van der Waals surface area contributed by atoms with Crippen molar-refractivity contribution in [1.82, 2.24) is 40.5 Å². The monoisotopic (exact) mass is 1970 g/mol. The zero-order valence-corrected chi connectivity index (χ0v) is 76.0. The molecule has 0 bridgehead atoms. The summed E-state index contributed by atoms with van der Waals surface area (Å²) in [4.78, 5) is 115. The summed E-state index contributed by atoms with van der Waals surface area (Å²) in [5.74, 6) is -13.4. The number of morpholine rings is 3. The molecule has 0 saturated carbocycles. The van der Waals surface area contributed by atoms with E-state index in [1.807, 2.05) is 45.8 Å². The lowest BCUT2D eigenvalue weighted by molar-refractivity contribution is -0.167. The van der Waals surface area contributed by atoms with Crippen LogP contribution in [-0.2, 0) is 75.3 Å². The second-order valence-corrected chi connectivity index (χ2v) is 33.5. The number of carbonyl (C=O) groups is 6. The largest absolute Gasteiger partial charge is 0.467 e. The van der Waals surface area contributed by atoms with Gasteiger partial charge in [0.2, 0.25) is 0 Å². The van der Waals surface area contributed by atoms with E-state index >= 15 is 26.3 Å². The Morgan fingerprint density at radius 2 is 0.950 bits per heavy atom. The van der Waals surface area contributed by atoms with Crippen LogP contribution in [0.2, 0.25) is 5.02 Å². The number of benzene rings is 7. The number of aromatic nitrogens is 5. The van der Waals surface area contributed by atoms with Gasteiger partial charge < -0.3 is 68.5 Å². The zero-order valence-electron chi connectivity index (χ0n) is 75.3. The molecule has 3 aliphatic rings. The Bertz CT molecular complexity index is 6710. The molecular weight excluding hydrogens is 1870 g/mol. The van der Waals surface area contributed by atoms with Crippen LogP contribution in [-0.4, -0.2) is 197 Å². The Labute approximate surface area is 803 Å². The highest BCUT2D eigenvalue weighted by Gasteiger charge is 2.47. The third-order valence-corrected chi connectivity index (χ3v) is 23.8. The van der Waals surface area contributed by atoms with E-state index in [-0.39, 0.29) is 82.5 Å². The van der Waals surface area contributed by atoms with Gasteiger partial charge in [-0.1, -0.05) is 94.5 Å². The van der Waals surface area contributed by atoms with Crippen LogP contribution in [0.15, 0.2) is 169 Å². The summed E-state index contributed by atoms with van der Waals surface area (Å²) >= 11 is 6.48. The first-order valence-corrected chi connectivity index (χ1v) is 43.0. The van der Waals surface area contributed by atoms with Gasteiger partial charge in [-0.05, 0) is 129 Å². The molecule has 3 fully saturated rings. The lowest BCUT2D eigenvalue weighted by atomic mass is 9.93. The predicted molar refractivity (Wildman–Crippen MR) is 507 cm³/mol. The minimum atomic E-state index is -4.85. The van der Waals surface area contributed by atoms with Crippen molar-refractivity contribution in [2.45, 2.75) is 111 Å². The number of aryl methyl sites for hydroxylation is 2. The van der Waals surface area contributed by atoms with Crippen LogP contribution in [0.5, 0.6) is 0 Å². The number of amides is 3. The van der Waals surface area contributed by atoms with Gasteiger partial charge in [-0.2, -0.15) is 31.6 Å². The summed E-state index contributed by atoms with van der Waals surface area (Å²) < 4.78 is 206. The van der Waals surface area contributed by atoms with E-state index in [1.165, 1.54) is 44.4 Å². The van der Waals surface area contributed by atoms with Crippen LogP contribution >= 0.6 is 11.6 Å². The number of halogens is 13. The summed E-state index contributed by atoms with van der Waals surface area (Å²) in [5, 5.41) is 18.3. The van der Waals surface area contributed by atoms with Crippen LogP contribution < -0.4 is 41.1 Å². The van der Waals surface area contributed by atoms with Crippen LogP contribution in [0.3, 0.4) is 0 Å². The van der Waals surface area contributed by atoms with E-state index in [1.54, 1.807) is 95.1 Å². The minimum Gasteiger partial charge on any atom is -0.467 e. The minimum absolute atomic E-state index is 0. The number of ether oxygens (including phenoxy) is 6. The number of alkyl halides is 6. The normalized spacial score (nSPS) is 14.7. The van der Waals surface area contributed by atoms with Crippen molar-refractivity contribution in [3.63, 3.8) is 0 Å². The highest BCUT2D eigenvalue weighted by molar-refractivity contribution is 6.34. The molecular formula is C101H102ClF12N13O13. The van der Waals surface area contributed by atoms with Gasteiger partial charge in [0.15, 0.2) is 0 Å². The highest BCUT2D eigenvalue weighted by atomic mass is 35.5. The van der Waals surface area contributed by atoms with Crippen LogP contribution in [0.4, 0.5) is 75.4 Å². The number of rotatable bonds is 22. The molecule has 3 amide bonds. The Hall–Kier alpha value is -14.3. The molecule has 26 nitrogen and oxygen atoms in total. The Kier molecular flexibility index (Phi) is 35.0. The van der Waals surface area contributed by atoms with Crippen molar-refractivity contribution in [3.05, 3.63) is 270 Å². The highest BCUT2D eigenvalue weighted by Crippen LogP contribution is 2.43. The van der Waals surface area contributed by atoms with Crippen LogP contribution in [0.1, 0.15) is 106 Å². The molecule has 15 rings (SSSR count). The smallest absolute Gasteiger partial charge is 0.417 e. The first-order valence-electron chi connectivity index (χ1n) is 42.6. The van der Waals surface area contributed by atoms with Gasteiger partial charge in [-0.25, -0.2) is 40.7 Å². The van der Waals surface area contributed by atoms with Crippen LogP contribution in [0.25, 0.3) is 66.2 Å². The number of hydrogen-bond donors (Lipinski definition) is 3. The van der Waals surface area contributed by atoms with Crippen molar-refractivity contribution < 1.29 is 110 Å². The second kappa shape index (κ2) is 45.5. The molecule has 4 atom stereocenters. The van der Waals surface area contributed by atoms with E-state index in [9.17, 15) is 65.2 Å². The molecule has 39 heteroatoms. The molecule has 140 heavy (non-hydrogen) atoms. The summed E-state index contributed by atoms with van der Waals surface area (Å²) in [6.45, 7) is 8.89. The van der Waals surface area contributed by atoms with Gasteiger partial charge in [-0.3, -0.25) is 39.1 Å². The number of methoxy groups -OCH3 is 3. The molecule has 3 saturated heterocycles. The number of carbonyl (C=O) groups excluding carboxylic acids is 6. The topological polar surface area (TPSA) is 304 Å². The molecule has 5 aromatic heterocycles. The first-order chi connectivity index (χ1) is 65.1. The van der Waals surface area contributed by atoms with Crippen molar-refractivity contribution in [2.24, 2.45) is 7.05 Å². The molecule has 0 unspecified atom stereocenters. The van der Waals surface area contributed by atoms with Crippen molar-refractivity contribution in [1.29, 1.82) is 5.26 Å². The van der Waals surface area contributed by atoms with E-state index in [0.717, 1.165) is 77.9 Å².